The van der Waals surface area contributed by atoms with E-state index in [1.807, 2.05) is 12.1 Å². The van der Waals surface area contributed by atoms with Crippen LogP contribution in [-0.2, 0) is 22.6 Å². The number of nitrogens with zero attached hydrogens (tertiary/aromatic N) is 2. The molecule has 1 aliphatic heterocycles. The zero-order chi connectivity index (χ0) is 22.2. The van der Waals surface area contributed by atoms with Gasteiger partial charge in [-0.25, -0.2) is 8.42 Å². The minimum atomic E-state index is -4.78. The van der Waals surface area contributed by atoms with E-state index < -0.39 is 39.0 Å². The summed E-state index contributed by atoms with van der Waals surface area (Å²) in [6, 6.07) is 12.8. The van der Waals surface area contributed by atoms with Crippen LogP contribution >= 0.6 is 0 Å². The Bertz CT molecular complexity index is 1260. The molecule has 0 bridgehead atoms. The number of alkyl halides is 3. The first-order valence-corrected chi connectivity index (χ1v) is 11.1. The fourth-order valence-corrected chi connectivity index (χ4v) is 5.14. The maximum absolute atomic E-state index is 13.7. The van der Waals surface area contributed by atoms with Crippen LogP contribution in [0.1, 0.15) is 21.5 Å². The summed E-state index contributed by atoms with van der Waals surface area (Å²) < 4.78 is 67.7. The molecule has 10 heteroatoms. The van der Waals surface area contributed by atoms with E-state index in [2.05, 4.69) is 10.3 Å². The Morgan fingerprint density at radius 2 is 1.81 bits per heavy atom. The molecule has 31 heavy (non-hydrogen) atoms. The zero-order valence-corrected chi connectivity index (χ0v) is 17.0. The summed E-state index contributed by atoms with van der Waals surface area (Å²) in [5.74, 6) is -1.46. The number of fused-ring (bicyclic) bond motifs is 2. The molecule has 2 heterocycles. The van der Waals surface area contributed by atoms with Crippen LogP contribution in [0.2, 0.25) is 0 Å². The number of benzene rings is 2. The van der Waals surface area contributed by atoms with Crippen LogP contribution in [0.4, 0.5) is 18.9 Å². The topological polar surface area (TPSA) is 79.4 Å². The number of hydrogen-bond acceptors (Lipinski definition) is 4. The number of pyridine rings is 1. The fraction of sp³-hybridized carbons (Fsp3) is 0.238. The van der Waals surface area contributed by atoms with Gasteiger partial charge in [0.25, 0.3) is 5.91 Å². The number of hydrogen-bond donors (Lipinski definition) is 1. The van der Waals surface area contributed by atoms with Crippen LogP contribution in [0.5, 0.6) is 0 Å². The highest BCUT2D eigenvalue weighted by Crippen LogP contribution is 2.36. The summed E-state index contributed by atoms with van der Waals surface area (Å²) in [6.45, 7) is -0.0353. The van der Waals surface area contributed by atoms with Crippen molar-refractivity contribution in [2.24, 2.45) is 0 Å². The predicted octanol–water partition coefficient (Wildman–Crippen LogP) is 3.38. The first kappa shape index (κ1) is 21.1. The van der Waals surface area contributed by atoms with Crippen molar-refractivity contribution in [2.75, 3.05) is 23.1 Å². The molecule has 3 aromatic rings. The molecule has 0 radical (unpaired) electrons. The van der Waals surface area contributed by atoms with Crippen molar-refractivity contribution >= 4 is 32.5 Å². The van der Waals surface area contributed by atoms with E-state index in [0.717, 1.165) is 11.8 Å². The summed E-state index contributed by atoms with van der Waals surface area (Å²) in [5, 5.41) is 2.10. The van der Waals surface area contributed by atoms with Crippen LogP contribution in [-0.4, -0.2) is 38.2 Å². The number of para-hydroxylation sites is 2. The average molecular weight is 449 g/mol. The maximum Gasteiger partial charge on any atom is 0.417 e. The van der Waals surface area contributed by atoms with Crippen molar-refractivity contribution in [1.82, 2.24) is 10.3 Å². The normalized spacial score (nSPS) is 14.0. The van der Waals surface area contributed by atoms with E-state index in [1.165, 1.54) is 22.5 Å². The number of anilines is 1. The molecular weight excluding hydrogens is 431 g/mol. The van der Waals surface area contributed by atoms with Crippen LogP contribution in [0, 0.1) is 0 Å². The second-order valence-electron chi connectivity index (χ2n) is 7.08. The van der Waals surface area contributed by atoms with Gasteiger partial charge in [-0.05, 0) is 24.1 Å². The average Bonchev–Trinajstić information content (AvgIpc) is 3.17. The lowest BCUT2D eigenvalue weighted by Gasteiger charge is -2.20. The molecule has 4 rings (SSSR count). The van der Waals surface area contributed by atoms with Crippen LogP contribution < -0.4 is 9.62 Å². The lowest BCUT2D eigenvalue weighted by atomic mass is 10.0. The number of carbonyl (C=O) groups is 1. The monoisotopic (exact) mass is 449 g/mol. The standard InChI is InChI=1S/C21H18F3N3O3S/c22-21(23,24)19-15-6-2-3-7-17(15)26-13-16(19)20(28)25-10-12-31(29,30)27-11-9-14-5-1-4-8-18(14)27/h1-8,13H,9-12H2,(H,25,28). The smallest absolute Gasteiger partial charge is 0.351 e. The molecule has 0 fully saturated rings. The summed E-state index contributed by atoms with van der Waals surface area (Å²) in [6.07, 6.45) is -3.33. The Morgan fingerprint density at radius 3 is 2.58 bits per heavy atom. The van der Waals surface area contributed by atoms with Crippen molar-refractivity contribution in [3.63, 3.8) is 0 Å². The van der Waals surface area contributed by atoms with Gasteiger partial charge in [-0.3, -0.25) is 14.1 Å². The molecule has 1 aliphatic rings. The molecule has 6 nitrogen and oxygen atoms in total. The van der Waals surface area contributed by atoms with E-state index >= 15 is 0 Å². The molecule has 1 amide bonds. The second kappa shape index (κ2) is 7.84. The van der Waals surface area contributed by atoms with E-state index in [1.54, 1.807) is 18.2 Å². The van der Waals surface area contributed by atoms with Gasteiger partial charge in [-0.2, -0.15) is 13.2 Å². The fourth-order valence-electron chi connectivity index (χ4n) is 3.71. The third-order valence-electron chi connectivity index (χ3n) is 5.13. The molecule has 0 saturated heterocycles. The first-order valence-electron chi connectivity index (χ1n) is 9.50. The molecule has 0 aliphatic carbocycles. The van der Waals surface area contributed by atoms with Gasteiger partial charge < -0.3 is 5.32 Å². The Kier molecular flexibility index (Phi) is 5.34. The van der Waals surface area contributed by atoms with Crippen molar-refractivity contribution in [3.8, 4) is 0 Å². The summed E-state index contributed by atoms with van der Waals surface area (Å²) in [4.78, 5) is 16.4. The summed E-state index contributed by atoms with van der Waals surface area (Å²) >= 11 is 0. The number of amides is 1. The third-order valence-corrected chi connectivity index (χ3v) is 6.90. The zero-order valence-electron chi connectivity index (χ0n) is 16.2. The Labute approximate surface area is 176 Å². The van der Waals surface area contributed by atoms with Gasteiger partial charge in [0.1, 0.15) is 0 Å². The molecule has 0 unspecified atom stereocenters. The predicted molar refractivity (Wildman–Crippen MR) is 110 cm³/mol. The van der Waals surface area contributed by atoms with E-state index in [0.29, 0.717) is 18.7 Å². The van der Waals surface area contributed by atoms with Crippen molar-refractivity contribution < 1.29 is 26.4 Å². The van der Waals surface area contributed by atoms with Gasteiger partial charge >= 0.3 is 6.18 Å². The highest BCUT2D eigenvalue weighted by Gasteiger charge is 2.38. The maximum atomic E-state index is 13.7. The molecule has 0 spiro atoms. The van der Waals surface area contributed by atoms with Gasteiger partial charge in [0.15, 0.2) is 0 Å². The van der Waals surface area contributed by atoms with Crippen molar-refractivity contribution in [2.45, 2.75) is 12.6 Å². The van der Waals surface area contributed by atoms with E-state index in [4.69, 9.17) is 0 Å². The lowest BCUT2D eigenvalue weighted by molar-refractivity contribution is -0.136. The van der Waals surface area contributed by atoms with E-state index in [9.17, 15) is 26.4 Å². The molecule has 1 N–H and O–H groups in total. The Morgan fingerprint density at radius 1 is 1.10 bits per heavy atom. The molecule has 0 saturated carbocycles. The van der Waals surface area contributed by atoms with Gasteiger partial charge in [0, 0.05) is 24.7 Å². The van der Waals surface area contributed by atoms with Crippen LogP contribution in [0.3, 0.4) is 0 Å². The summed E-state index contributed by atoms with van der Waals surface area (Å²) in [5.41, 5.74) is -0.122. The first-order chi connectivity index (χ1) is 14.7. The van der Waals surface area contributed by atoms with Gasteiger partial charge in [-0.15, -0.1) is 0 Å². The van der Waals surface area contributed by atoms with Gasteiger partial charge in [0.2, 0.25) is 10.0 Å². The number of aromatic nitrogens is 1. The highest BCUT2D eigenvalue weighted by molar-refractivity contribution is 7.92. The number of rotatable bonds is 5. The number of halogens is 3. The molecule has 0 atom stereocenters. The Hall–Kier alpha value is -3.14. The van der Waals surface area contributed by atoms with Crippen LogP contribution in [0.25, 0.3) is 10.9 Å². The minimum Gasteiger partial charge on any atom is -0.351 e. The van der Waals surface area contributed by atoms with Crippen LogP contribution in [0.15, 0.2) is 54.7 Å². The number of sulfonamides is 1. The molecule has 162 valence electrons. The van der Waals surface area contributed by atoms with E-state index in [-0.39, 0.29) is 17.4 Å². The lowest BCUT2D eigenvalue weighted by Crippen LogP contribution is -2.37. The van der Waals surface area contributed by atoms with Gasteiger partial charge in [0.05, 0.1) is 28.1 Å². The third kappa shape index (κ3) is 4.07. The largest absolute Gasteiger partial charge is 0.417 e. The van der Waals surface area contributed by atoms with Crippen molar-refractivity contribution in [1.29, 1.82) is 0 Å². The summed E-state index contributed by atoms with van der Waals surface area (Å²) in [7, 11) is -3.74. The molecular formula is C21H18F3N3O3S. The minimum absolute atomic E-state index is 0.113. The quantitative estimate of drug-likeness (QED) is 0.648. The number of carbonyl (C=O) groups excluding carboxylic acids is 1. The molecule has 1 aromatic heterocycles. The second-order valence-corrected chi connectivity index (χ2v) is 9.10. The number of nitrogens with one attached hydrogen (secondary N) is 1. The SMILES string of the molecule is O=C(NCCS(=O)(=O)N1CCc2ccccc21)c1cnc2ccccc2c1C(F)(F)F. The Balaban J connectivity index is 1.52. The highest BCUT2D eigenvalue weighted by atomic mass is 32.2. The molecule has 2 aromatic carbocycles. The van der Waals surface area contributed by atoms with Crippen molar-refractivity contribution in [3.05, 3.63) is 71.4 Å². The van der Waals surface area contributed by atoms with Gasteiger partial charge in [-0.1, -0.05) is 36.4 Å².